The van der Waals surface area contributed by atoms with Crippen LogP contribution >= 0.6 is 54.5 Å². The number of hydrogen-bond donors (Lipinski definition) is 2. The summed E-state index contributed by atoms with van der Waals surface area (Å²) in [5.74, 6) is 0.00517. The SMILES string of the molecule is CC1=C/C(=C/Nc2nc(-c3ccc(Br)cc3)cs2)C(=O)C=C1.CC1=C/C(=C/Nc2nc(-c3ccc(Br)cc3)cs2)C(=O)C=C1.[Ni]. The molecule has 2 aromatic carbocycles. The van der Waals surface area contributed by atoms with Gasteiger partial charge >= 0.3 is 0 Å². The minimum absolute atomic E-state index is 0. The largest absolute Gasteiger partial charge is 0.337 e. The number of benzene rings is 2. The number of anilines is 2. The van der Waals surface area contributed by atoms with Crippen molar-refractivity contribution in [3.05, 3.63) is 139 Å². The second-order valence-electron chi connectivity index (χ2n) is 9.75. The Morgan fingerprint density at radius 1 is 0.622 bits per heavy atom. The van der Waals surface area contributed by atoms with Crippen LogP contribution in [0.2, 0.25) is 0 Å². The third-order valence-electron chi connectivity index (χ3n) is 6.32. The number of carbonyl (C=O) groups is 2. The monoisotopic (exact) mass is 802 g/mol. The molecule has 6 rings (SSSR count). The summed E-state index contributed by atoms with van der Waals surface area (Å²) < 4.78 is 2.08. The zero-order valence-electron chi connectivity index (χ0n) is 24.0. The Kier molecular flexibility index (Phi) is 12.4. The Labute approximate surface area is 296 Å². The first-order valence-corrected chi connectivity index (χ1v) is 16.8. The predicted molar refractivity (Wildman–Crippen MR) is 190 cm³/mol. The fourth-order valence-electron chi connectivity index (χ4n) is 4.03. The second-order valence-corrected chi connectivity index (χ2v) is 13.3. The third-order valence-corrected chi connectivity index (χ3v) is 8.93. The molecule has 11 heteroatoms. The van der Waals surface area contributed by atoms with Crippen LogP contribution in [0.5, 0.6) is 0 Å². The number of thiazole rings is 2. The number of nitrogens with one attached hydrogen (secondary N) is 2. The van der Waals surface area contributed by atoms with E-state index < -0.39 is 0 Å². The van der Waals surface area contributed by atoms with Gasteiger partial charge in [-0.15, -0.1) is 22.7 Å². The molecule has 0 unspecified atom stereocenters. The fourth-order valence-corrected chi connectivity index (χ4v) is 5.94. The van der Waals surface area contributed by atoms with Crippen LogP contribution in [0.15, 0.2) is 139 Å². The molecule has 0 fully saturated rings. The van der Waals surface area contributed by atoms with E-state index in [0.29, 0.717) is 11.1 Å². The minimum Gasteiger partial charge on any atom is -0.337 e. The molecule has 0 bridgehead atoms. The van der Waals surface area contributed by atoms with Gasteiger partial charge < -0.3 is 10.6 Å². The Bertz CT molecular complexity index is 1750. The Morgan fingerprint density at radius 2 is 1.00 bits per heavy atom. The van der Waals surface area contributed by atoms with Crippen molar-refractivity contribution >= 4 is 76.4 Å². The van der Waals surface area contributed by atoms with Gasteiger partial charge in [-0.2, -0.15) is 0 Å². The van der Waals surface area contributed by atoms with E-state index in [2.05, 4.69) is 52.5 Å². The van der Waals surface area contributed by atoms with E-state index in [4.69, 9.17) is 0 Å². The number of allylic oxidation sites excluding steroid dienone is 10. The van der Waals surface area contributed by atoms with E-state index in [0.717, 1.165) is 52.9 Å². The number of ketones is 2. The number of halogens is 2. The van der Waals surface area contributed by atoms with Crippen LogP contribution in [0.3, 0.4) is 0 Å². The van der Waals surface area contributed by atoms with Crippen molar-refractivity contribution < 1.29 is 26.1 Å². The summed E-state index contributed by atoms with van der Waals surface area (Å²) in [6.45, 7) is 3.93. The van der Waals surface area contributed by atoms with Gasteiger partial charge in [0.1, 0.15) is 0 Å². The van der Waals surface area contributed by atoms with E-state index in [1.165, 1.54) is 22.7 Å². The van der Waals surface area contributed by atoms with Crippen molar-refractivity contribution in [3.8, 4) is 22.5 Å². The van der Waals surface area contributed by atoms with Crippen LogP contribution in [0, 0.1) is 0 Å². The van der Waals surface area contributed by atoms with Gasteiger partial charge in [0.25, 0.3) is 0 Å². The van der Waals surface area contributed by atoms with E-state index in [1.54, 1.807) is 24.6 Å². The zero-order valence-corrected chi connectivity index (χ0v) is 29.8. The molecule has 0 amide bonds. The Balaban J connectivity index is 0.000000200. The molecular weight excluding hydrogens is 779 g/mol. The summed E-state index contributed by atoms with van der Waals surface area (Å²) in [6.07, 6.45) is 13.9. The number of carbonyl (C=O) groups excluding carboxylic acids is 2. The van der Waals surface area contributed by atoms with Crippen LogP contribution in [0.25, 0.3) is 22.5 Å². The van der Waals surface area contributed by atoms with Gasteiger partial charge in [0.05, 0.1) is 11.4 Å². The summed E-state index contributed by atoms with van der Waals surface area (Å²) in [6, 6.07) is 16.0. The molecule has 4 aromatic rings. The summed E-state index contributed by atoms with van der Waals surface area (Å²) in [7, 11) is 0. The van der Waals surface area contributed by atoms with Crippen molar-refractivity contribution in [1.29, 1.82) is 0 Å². The van der Waals surface area contributed by atoms with Crippen LogP contribution in [-0.4, -0.2) is 21.5 Å². The first-order chi connectivity index (χ1) is 21.2. The molecule has 0 aliphatic heterocycles. The van der Waals surface area contributed by atoms with Crippen LogP contribution < -0.4 is 10.6 Å². The van der Waals surface area contributed by atoms with E-state index >= 15 is 0 Å². The predicted octanol–water partition coefficient (Wildman–Crippen LogP) is 9.90. The van der Waals surface area contributed by atoms with Crippen LogP contribution in [-0.2, 0) is 26.1 Å². The fraction of sp³-hybridized carbons (Fsp3) is 0.0588. The van der Waals surface area contributed by atoms with Crippen molar-refractivity contribution in [2.75, 3.05) is 10.6 Å². The van der Waals surface area contributed by atoms with E-state index in [9.17, 15) is 9.59 Å². The third kappa shape index (κ3) is 9.76. The van der Waals surface area contributed by atoms with E-state index in [1.807, 2.05) is 97.4 Å². The van der Waals surface area contributed by atoms with Gasteiger partial charge in [-0.25, -0.2) is 9.97 Å². The number of rotatable bonds is 6. The number of nitrogens with zero attached hydrogens (tertiary/aromatic N) is 2. The molecule has 0 saturated heterocycles. The van der Waals surface area contributed by atoms with Crippen molar-refractivity contribution in [3.63, 3.8) is 0 Å². The topological polar surface area (TPSA) is 84.0 Å². The quantitative estimate of drug-likeness (QED) is 0.149. The molecule has 0 atom stereocenters. The molecule has 2 heterocycles. The summed E-state index contributed by atoms with van der Waals surface area (Å²) >= 11 is 9.86. The molecule has 45 heavy (non-hydrogen) atoms. The molecule has 230 valence electrons. The molecule has 6 nitrogen and oxygen atoms in total. The molecule has 2 N–H and O–H groups in total. The average molecular weight is 805 g/mol. The Hall–Kier alpha value is -3.47. The Morgan fingerprint density at radius 3 is 1.38 bits per heavy atom. The van der Waals surface area contributed by atoms with Gasteiger partial charge in [0.15, 0.2) is 21.8 Å². The minimum atomic E-state index is 0. The standard InChI is InChI=1S/2C17H13BrN2OS.Ni/c2*1-11-2-7-16(21)13(8-11)9-19-17-20-15(10-22-17)12-3-5-14(18)6-4-12;/h2*2-10H,1H3,(H,19,20);/b2*13-9-;. The maximum absolute atomic E-state index is 11.8. The molecule has 0 saturated carbocycles. The molecule has 2 aliphatic rings. The van der Waals surface area contributed by atoms with Crippen LogP contribution in [0.1, 0.15) is 13.8 Å². The van der Waals surface area contributed by atoms with Gasteiger partial charge in [0, 0.05) is 70.9 Å². The van der Waals surface area contributed by atoms with Gasteiger partial charge in [0.2, 0.25) is 0 Å². The van der Waals surface area contributed by atoms with Gasteiger partial charge in [-0.05, 0) is 62.4 Å². The van der Waals surface area contributed by atoms with Crippen LogP contribution in [0.4, 0.5) is 10.3 Å². The molecule has 0 spiro atoms. The number of aromatic nitrogens is 2. The molecule has 2 aromatic heterocycles. The van der Waals surface area contributed by atoms with E-state index in [-0.39, 0.29) is 28.1 Å². The molecule has 2 aliphatic carbocycles. The second kappa shape index (κ2) is 16.2. The van der Waals surface area contributed by atoms with Crippen molar-refractivity contribution in [2.45, 2.75) is 13.8 Å². The maximum atomic E-state index is 11.8. The normalized spacial score (nSPS) is 15.6. The first kappa shape index (κ1) is 34.4. The molecule has 0 radical (unpaired) electrons. The van der Waals surface area contributed by atoms with Gasteiger partial charge in [-0.3, -0.25) is 9.59 Å². The zero-order chi connectivity index (χ0) is 31.1. The first-order valence-electron chi connectivity index (χ1n) is 13.4. The van der Waals surface area contributed by atoms with Gasteiger partial charge in [-0.1, -0.05) is 79.4 Å². The number of hydrogen-bond acceptors (Lipinski definition) is 8. The average Bonchev–Trinajstić information content (AvgIpc) is 3.70. The smallest absolute Gasteiger partial charge is 0.187 e. The summed E-state index contributed by atoms with van der Waals surface area (Å²) in [5.41, 5.74) is 7.35. The van der Waals surface area contributed by atoms with Crippen molar-refractivity contribution in [2.24, 2.45) is 0 Å². The maximum Gasteiger partial charge on any atom is 0.187 e. The molecular formula is C34H26Br2N4NiO2S2. The van der Waals surface area contributed by atoms with Crippen molar-refractivity contribution in [1.82, 2.24) is 9.97 Å². The summed E-state index contributed by atoms with van der Waals surface area (Å²) in [5, 5.41) is 11.7. The summed E-state index contributed by atoms with van der Waals surface area (Å²) in [4.78, 5) is 32.6.